The lowest BCUT2D eigenvalue weighted by Gasteiger charge is -2.08. The van der Waals surface area contributed by atoms with Crippen LogP contribution in [0.2, 0.25) is 0 Å². The molecule has 1 atom stereocenters. The molecule has 1 aromatic rings. The molecule has 1 aromatic carbocycles. The SMILES string of the molecule is O=C1CCCC1Cc1ccccc1F. The van der Waals surface area contributed by atoms with E-state index < -0.39 is 0 Å². The highest BCUT2D eigenvalue weighted by atomic mass is 19.1. The number of benzene rings is 1. The molecule has 1 nitrogen and oxygen atoms in total. The van der Waals surface area contributed by atoms with Crippen molar-refractivity contribution < 1.29 is 9.18 Å². The van der Waals surface area contributed by atoms with Crippen LogP contribution in [0, 0.1) is 11.7 Å². The molecule has 1 saturated carbocycles. The summed E-state index contributed by atoms with van der Waals surface area (Å²) in [7, 11) is 0. The lowest BCUT2D eigenvalue weighted by molar-refractivity contribution is -0.120. The minimum absolute atomic E-state index is 0.0619. The maximum Gasteiger partial charge on any atom is 0.136 e. The molecule has 0 aromatic heterocycles. The molecule has 74 valence electrons. The molecule has 2 rings (SSSR count). The third-order valence-corrected chi connectivity index (χ3v) is 2.86. The van der Waals surface area contributed by atoms with E-state index in [0.717, 1.165) is 12.8 Å². The Morgan fingerprint density at radius 2 is 2.14 bits per heavy atom. The second kappa shape index (κ2) is 3.91. The molecule has 0 N–H and O–H groups in total. The molecule has 0 heterocycles. The minimum atomic E-state index is -0.188. The van der Waals surface area contributed by atoms with Crippen molar-refractivity contribution in [2.45, 2.75) is 25.7 Å². The number of hydrogen-bond donors (Lipinski definition) is 0. The Bertz CT molecular complexity index is 346. The third kappa shape index (κ3) is 1.84. The van der Waals surface area contributed by atoms with Gasteiger partial charge in [-0.3, -0.25) is 4.79 Å². The predicted molar refractivity (Wildman–Crippen MR) is 52.5 cm³/mol. The number of rotatable bonds is 2. The molecule has 1 fully saturated rings. The maximum absolute atomic E-state index is 13.3. The largest absolute Gasteiger partial charge is 0.299 e. The zero-order valence-corrected chi connectivity index (χ0v) is 8.00. The lowest BCUT2D eigenvalue weighted by atomic mass is 9.97. The second-order valence-electron chi connectivity index (χ2n) is 3.85. The van der Waals surface area contributed by atoms with Crippen LogP contribution in [-0.2, 0) is 11.2 Å². The van der Waals surface area contributed by atoms with Gasteiger partial charge in [-0.1, -0.05) is 18.2 Å². The van der Waals surface area contributed by atoms with Crippen molar-refractivity contribution in [1.82, 2.24) is 0 Å². The lowest BCUT2D eigenvalue weighted by Crippen LogP contribution is -2.10. The Morgan fingerprint density at radius 3 is 2.79 bits per heavy atom. The highest BCUT2D eigenvalue weighted by Gasteiger charge is 2.24. The molecular weight excluding hydrogens is 179 g/mol. The van der Waals surface area contributed by atoms with E-state index in [0.29, 0.717) is 24.2 Å². The first-order valence-electron chi connectivity index (χ1n) is 5.03. The van der Waals surface area contributed by atoms with Crippen LogP contribution in [0.1, 0.15) is 24.8 Å². The van der Waals surface area contributed by atoms with Crippen molar-refractivity contribution in [1.29, 1.82) is 0 Å². The average Bonchev–Trinajstić information content (AvgIpc) is 2.56. The number of carbonyl (C=O) groups excluding carboxylic acids is 1. The van der Waals surface area contributed by atoms with Crippen molar-refractivity contribution in [3.63, 3.8) is 0 Å². The first kappa shape index (κ1) is 9.38. The van der Waals surface area contributed by atoms with Crippen LogP contribution in [0.5, 0.6) is 0 Å². The molecule has 1 unspecified atom stereocenters. The Morgan fingerprint density at radius 1 is 1.36 bits per heavy atom. The molecule has 1 aliphatic rings. The smallest absolute Gasteiger partial charge is 0.136 e. The molecule has 0 bridgehead atoms. The monoisotopic (exact) mass is 192 g/mol. The summed E-state index contributed by atoms with van der Waals surface area (Å²) in [5.41, 5.74) is 0.674. The van der Waals surface area contributed by atoms with Crippen LogP contribution < -0.4 is 0 Å². The quantitative estimate of drug-likeness (QED) is 0.704. The maximum atomic E-state index is 13.3. The standard InChI is InChI=1S/C12H13FO/c13-11-6-2-1-4-9(11)8-10-5-3-7-12(10)14/h1-2,4,6,10H,3,5,7-8H2. The molecule has 2 heteroatoms. The first-order chi connectivity index (χ1) is 6.77. The first-order valence-corrected chi connectivity index (χ1v) is 5.03. The van der Waals surface area contributed by atoms with Crippen molar-refractivity contribution in [3.05, 3.63) is 35.6 Å². The van der Waals surface area contributed by atoms with Crippen molar-refractivity contribution >= 4 is 5.78 Å². The highest BCUT2D eigenvalue weighted by Crippen LogP contribution is 2.25. The molecule has 0 spiro atoms. The molecule has 14 heavy (non-hydrogen) atoms. The fraction of sp³-hybridized carbons (Fsp3) is 0.417. The van der Waals surface area contributed by atoms with Crippen LogP contribution in [0.3, 0.4) is 0 Å². The van der Waals surface area contributed by atoms with Gasteiger partial charge >= 0.3 is 0 Å². The summed E-state index contributed by atoms with van der Waals surface area (Å²) in [4.78, 5) is 11.4. The summed E-state index contributed by atoms with van der Waals surface area (Å²) in [6.45, 7) is 0. The number of hydrogen-bond acceptors (Lipinski definition) is 1. The van der Waals surface area contributed by atoms with E-state index in [9.17, 15) is 9.18 Å². The fourth-order valence-corrected chi connectivity index (χ4v) is 2.03. The number of Topliss-reactive ketones (excluding diaryl/α,β-unsaturated/α-hetero) is 1. The number of halogens is 1. The summed E-state index contributed by atoms with van der Waals surface area (Å²) < 4.78 is 13.3. The predicted octanol–water partition coefficient (Wildman–Crippen LogP) is 2.74. The van der Waals surface area contributed by atoms with Gasteiger partial charge in [0, 0.05) is 12.3 Å². The van der Waals surface area contributed by atoms with Gasteiger partial charge in [0.25, 0.3) is 0 Å². The normalized spacial score (nSPS) is 21.5. The van der Waals surface area contributed by atoms with Gasteiger partial charge in [-0.15, -0.1) is 0 Å². The minimum Gasteiger partial charge on any atom is -0.299 e. The summed E-state index contributed by atoms with van der Waals surface area (Å²) >= 11 is 0. The van der Waals surface area contributed by atoms with E-state index in [1.54, 1.807) is 12.1 Å². The van der Waals surface area contributed by atoms with Crippen LogP contribution in [0.15, 0.2) is 24.3 Å². The third-order valence-electron chi connectivity index (χ3n) is 2.86. The Labute approximate surface area is 82.9 Å². The van der Waals surface area contributed by atoms with Gasteiger partial charge in [-0.25, -0.2) is 4.39 Å². The summed E-state index contributed by atoms with van der Waals surface area (Å²) in [6.07, 6.45) is 3.15. The van der Waals surface area contributed by atoms with Crippen molar-refractivity contribution in [2.24, 2.45) is 5.92 Å². The van der Waals surface area contributed by atoms with Crippen molar-refractivity contribution in [3.8, 4) is 0 Å². The molecular formula is C12H13FO. The summed E-state index contributed by atoms with van der Waals surface area (Å²) in [5, 5.41) is 0. The zero-order chi connectivity index (χ0) is 9.97. The Kier molecular flexibility index (Phi) is 2.62. The van der Waals surface area contributed by atoms with Crippen LogP contribution >= 0.6 is 0 Å². The van der Waals surface area contributed by atoms with Gasteiger partial charge in [-0.2, -0.15) is 0 Å². The van der Waals surface area contributed by atoms with E-state index in [4.69, 9.17) is 0 Å². The topological polar surface area (TPSA) is 17.1 Å². The molecule has 0 amide bonds. The molecule has 0 aliphatic heterocycles. The van der Waals surface area contributed by atoms with Gasteiger partial charge in [0.05, 0.1) is 0 Å². The average molecular weight is 192 g/mol. The van der Waals surface area contributed by atoms with Crippen LogP contribution in [-0.4, -0.2) is 5.78 Å². The Balaban J connectivity index is 2.10. The molecule has 1 aliphatic carbocycles. The van der Waals surface area contributed by atoms with Gasteiger partial charge in [0.15, 0.2) is 0 Å². The second-order valence-corrected chi connectivity index (χ2v) is 3.85. The van der Waals surface area contributed by atoms with E-state index in [-0.39, 0.29) is 11.7 Å². The fourth-order valence-electron chi connectivity index (χ4n) is 2.03. The van der Waals surface area contributed by atoms with Gasteiger partial charge in [0.1, 0.15) is 11.6 Å². The zero-order valence-electron chi connectivity index (χ0n) is 8.00. The van der Waals surface area contributed by atoms with E-state index in [1.807, 2.05) is 6.07 Å². The van der Waals surface area contributed by atoms with Crippen LogP contribution in [0.4, 0.5) is 4.39 Å². The summed E-state index contributed by atoms with van der Waals surface area (Å²) in [5.74, 6) is 0.173. The van der Waals surface area contributed by atoms with E-state index in [2.05, 4.69) is 0 Å². The van der Waals surface area contributed by atoms with Gasteiger partial charge in [-0.05, 0) is 30.9 Å². The van der Waals surface area contributed by atoms with Crippen molar-refractivity contribution in [2.75, 3.05) is 0 Å². The van der Waals surface area contributed by atoms with E-state index in [1.165, 1.54) is 6.07 Å². The van der Waals surface area contributed by atoms with Gasteiger partial charge in [0.2, 0.25) is 0 Å². The van der Waals surface area contributed by atoms with Gasteiger partial charge < -0.3 is 0 Å². The molecule has 0 radical (unpaired) electrons. The Hall–Kier alpha value is -1.18. The van der Waals surface area contributed by atoms with E-state index >= 15 is 0 Å². The van der Waals surface area contributed by atoms with Crippen LogP contribution in [0.25, 0.3) is 0 Å². The number of carbonyl (C=O) groups is 1. The number of ketones is 1. The molecule has 0 saturated heterocycles. The summed E-state index contributed by atoms with van der Waals surface area (Å²) in [6, 6.07) is 6.71. The highest BCUT2D eigenvalue weighted by molar-refractivity contribution is 5.83.